The van der Waals surface area contributed by atoms with Gasteiger partial charge in [-0.15, -0.1) is 0 Å². The molecule has 2 aromatic rings. The van der Waals surface area contributed by atoms with Crippen LogP contribution in [-0.2, 0) is 4.79 Å². The Morgan fingerprint density at radius 2 is 1.73 bits per heavy atom. The molecule has 5 heteroatoms. The van der Waals surface area contributed by atoms with Crippen molar-refractivity contribution in [3.05, 3.63) is 71.3 Å². The molecule has 1 amide bonds. The average molecular weight is 298 g/mol. The van der Waals surface area contributed by atoms with Gasteiger partial charge in [0.15, 0.2) is 0 Å². The van der Waals surface area contributed by atoms with E-state index in [1.807, 2.05) is 0 Å². The number of anilines is 1. The van der Waals surface area contributed by atoms with Gasteiger partial charge in [0.05, 0.1) is 17.0 Å². The van der Waals surface area contributed by atoms with Crippen LogP contribution in [0.1, 0.15) is 12.5 Å². The molecule has 0 spiro atoms. The molecule has 3 nitrogen and oxygen atoms in total. The van der Waals surface area contributed by atoms with E-state index in [-0.39, 0.29) is 5.91 Å². The van der Waals surface area contributed by atoms with Crippen LogP contribution in [0, 0.1) is 11.6 Å². The van der Waals surface area contributed by atoms with Crippen molar-refractivity contribution in [1.82, 2.24) is 0 Å². The van der Waals surface area contributed by atoms with E-state index in [1.165, 1.54) is 41.4 Å². The zero-order valence-corrected chi connectivity index (χ0v) is 11.8. The van der Waals surface area contributed by atoms with Crippen molar-refractivity contribution < 1.29 is 13.6 Å². The molecule has 1 aliphatic rings. The number of hydrogen-bond donors (Lipinski definition) is 0. The Hall–Kier alpha value is -2.82. The minimum absolute atomic E-state index is 0.314. The number of hydrogen-bond acceptors (Lipinski definition) is 2. The van der Waals surface area contributed by atoms with Crippen molar-refractivity contribution in [3.63, 3.8) is 0 Å². The third-order valence-electron chi connectivity index (χ3n) is 3.34. The van der Waals surface area contributed by atoms with Crippen LogP contribution in [0.4, 0.5) is 14.5 Å². The molecule has 0 radical (unpaired) electrons. The highest BCUT2D eigenvalue weighted by Crippen LogP contribution is 2.25. The van der Waals surface area contributed by atoms with Crippen LogP contribution < -0.4 is 5.01 Å². The molecule has 0 atom stereocenters. The van der Waals surface area contributed by atoms with Crippen molar-refractivity contribution >= 4 is 23.4 Å². The number of rotatable bonds is 2. The van der Waals surface area contributed by atoms with Gasteiger partial charge in [-0.25, -0.2) is 8.78 Å². The molecule has 0 unspecified atom stereocenters. The number of hydrazone groups is 1. The summed E-state index contributed by atoms with van der Waals surface area (Å²) in [6.07, 6.45) is 1.47. The van der Waals surface area contributed by atoms with Gasteiger partial charge in [-0.1, -0.05) is 18.2 Å². The molecule has 0 bridgehead atoms. The monoisotopic (exact) mass is 298 g/mol. The topological polar surface area (TPSA) is 32.7 Å². The van der Waals surface area contributed by atoms with Crippen LogP contribution in [0.3, 0.4) is 0 Å². The molecule has 3 rings (SSSR count). The first kappa shape index (κ1) is 14.1. The Morgan fingerprint density at radius 1 is 1.05 bits per heavy atom. The van der Waals surface area contributed by atoms with E-state index >= 15 is 0 Å². The van der Waals surface area contributed by atoms with E-state index in [9.17, 15) is 13.6 Å². The van der Waals surface area contributed by atoms with Gasteiger partial charge in [-0.3, -0.25) is 4.79 Å². The zero-order valence-electron chi connectivity index (χ0n) is 11.8. The number of benzene rings is 2. The number of nitrogens with zero attached hydrogens (tertiary/aromatic N) is 2. The lowest BCUT2D eigenvalue weighted by Gasteiger charge is -2.11. The second kappa shape index (κ2) is 5.52. The molecular formula is C17H12F2N2O. The highest BCUT2D eigenvalue weighted by Gasteiger charge is 2.28. The van der Waals surface area contributed by atoms with E-state index in [2.05, 4.69) is 5.10 Å². The highest BCUT2D eigenvalue weighted by atomic mass is 19.1. The maximum Gasteiger partial charge on any atom is 0.280 e. The fraction of sp³-hybridized carbons (Fsp3) is 0.0588. The lowest BCUT2D eigenvalue weighted by molar-refractivity contribution is -0.114. The lowest BCUT2D eigenvalue weighted by atomic mass is 10.1. The summed E-state index contributed by atoms with van der Waals surface area (Å²) in [5.74, 6) is -1.17. The molecule has 1 aliphatic heterocycles. The van der Waals surface area contributed by atoms with Gasteiger partial charge in [0.2, 0.25) is 0 Å². The fourth-order valence-electron chi connectivity index (χ4n) is 2.19. The van der Waals surface area contributed by atoms with Crippen LogP contribution >= 0.6 is 0 Å². The van der Waals surface area contributed by atoms with E-state index in [0.717, 1.165) is 0 Å². The Bertz CT molecular complexity index is 795. The smallest absolute Gasteiger partial charge is 0.267 e. The van der Waals surface area contributed by atoms with Crippen molar-refractivity contribution in [3.8, 4) is 0 Å². The van der Waals surface area contributed by atoms with E-state index in [4.69, 9.17) is 0 Å². The molecule has 110 valence electrons. The largest absolute Gasteiger partial charge is 0.280 e. The predicted molar refractivity (Wildman–Crippen MR) is 81.4 cm³/mol. The SMILES string of the molecule is CC1=NN(c2ccc(F)cc2)C(=O)/C1=C\c1ccccc1F. The Kier molecular flexibility index (Phi) is 3.55. The van der Waals surface area contributed by atoms with Crippen molar-refractivity contribution in [2.45, 2.75) is 6.92 Å². The third kappa shape index (κ3) is 2.53. The number of halogens is 2. The molecule has 1 heterocycles. The predicted octanol–water partition coefficient (Wildman–Crippen LogP) is 3.77. The maximum absolute atomic E-state index is 13.7. The summed E-state index contributed by atoms with van der Waals surface area (Å²) in [5.41, 5.74) is 1.58. The molecule has 0 N–H and O–H groups in total. The summed E-state index contributed by atoms with van der Waals surface area (Å²) in [6, 6.07) is 11.6. The lowest BCUT2D eigenvalue weighted by Crippen LogP contribution is -2.21. The molecule has 0 aromatic heterocycles. The first-order valence-corrected chi connectivity index (χ1v) is 6.68. The molecule has 0 saturated carbocycles. The van der Waals surface area contributed by atoms with Crippen LogP contribution in [-0.4, -0.2) is 11.6 Å². The summed E-state index contributed by atoms with van der Waals surface area (Å²) < 4.78 is 26.7. The van der Waals surface area contributed by atoms with E-state index in [0.29, 0.717) is 22.5 Å². The molecule has 0 saturated heterocycles. The standard InChI is InChI=1S/C17H12F2N2O/c1-11-15(10-12-4-2-3-5-16(12)19)17(22)21(20-11)14-8-6-13(18)7-9-14/h2-10H,1H3/b15-10-. The average Bonchev–Trinajstić information content (AvgIpc) is 2.78. The first-order valence-electron chi connectivity index (χ1n) is 6.68. The maximum atomic E-state index is 13.7. The second-order valence-corrected chi connectivity index (χ2v) is 4.86. The van der Waals surface area contributed by atoms with Gasteiger partial charge in [0.25, 0.3) is 5.91 Å². The fourth-order valence-corrected chi connectivity index (χ4v) is 2.19. The van der Waals surface area contributed by atoms with Crippen LogP contribution in [0.2, 0.25) is 0 Å². The van der Waals surface area contributed by atoms with Gasteiger partial charge >= 0.3 is 0 Å². The minimum Gasteiger partial charge on any atom is -0.267 e. The van der Waals surface area contributed by atoms with Gasteiger partial charge in [0.1, 0.15) is 11.6 Å². The van der Waals surface area contributed by atoms with Gasteiger partial charge in [-0.05, 0) is 43.3 Å². The molecule has 22 heavy (non-hydrogen) atoms. The number of carbonyl (C=O) groups excluding carboxylic acids is 1. The number of carbonyl (C=O) groups is 1. The van der Waals surface area contributed by atoms with Crippen LogP contribution in [0.25, 0.3) is 6.08 Å². The summed E-state index contributed by atoms with van der Waals surface area (Å²) in [5, 5.41) is 5.35. The summed E-state index contributed by atoms with van der Waals surface area (Å²) in [7, 11) is 0. The Labute approximate surface area is 126 Å². The third-order valence-corrected chi connectivity index (χ3v) is 3.34. The van der Waals surface area contributed by atoms with Crippen LogP contribution in [0.15, 0.2) is 59.2 Å². The Morgan fingerprint density at radius 3 is 2.41 bits per heavy atom. The van der Waals surface area contributed by atoms with Gasteiger partial charge in [0, 0.05) is 5.56 Å². The molecule has 2 aromatic carbocycles. The summed E-state index contributed by atoms with van der Waals surface area (Å²) in [4.78, 5) is 12.4. The summed E-state index contributed by atoms with van der Waals surface area (Å²) in [6.45, 7) is 1.67. The van der Waals surface area contributed by atoms with Crippen molar-refractivity contribution in [1.29, 1.82) is 0 Å². The van der Waals surface area contributed by atoms with E-state index in [1.54, 1.807) is 25.1 Å². The van der Waals surface area contributed by atoms with Crippen molar-refractivity contribution in [2.24, 2.45) is 5.10 Å². The molecule has 0 fully saturated rings. The Balaban J connectivity index is 1.97. The quantitative estimate of drug-likeness (QED) is 0.777. The second-order valence-electron chi connectivity index (χ2n) is 4.86. The number of amides is 1. The van der Waals surface area contributed by atoms with E-state index < -0.39 is 11.6 Å². The minimum atomic E-state index is -0.407. The molecular weight excluding hydrogens is 286 g/mol. The van der Waals surface area contributed by atoms with Gasteiger partial charge in [-0.2, -0.15) is 10.1 Å². The van der Waals surface area contributed by atoms with Crippen molar-refractivity contribution in [2.75, 3.05) is 5.01 Å². The highest BCUT2D eigenvalue weighted by molar-refractivity contribution is 6.32. The zero-order chi connectivity index (χ0) is 15.7. The van der Waals surface area contributed by atoms with Gasteiger partial charge < -0.3 is 0 Å². The molecule has 0 aliphatic carbocycles. The summed E-state index contributed by atoms with van der Waals surface area (Å²) >= 11 is 0. The first-order chi connectivity index (χ1) is 10.6. The normalized spacial score (nSPS) is 16.3. The van der Waals surface area contributed by atoms with Crippen LogP contribution in [0.5, 0.6) is 0 Å².